The summed E-state index contributed by atoms with van der Waals surface area (Å²) < 4.78 is 0. The second-order valence-corrected chi connectivity index (χ2v) is 7.04. The van der Waals surface area contributed by atoms with Crippen molar-refractivity contribution in [3.63, 3.8) is 0 Å². The lowest BCUT2D eigenvalue weighted by molar-refractivity contribution is 0.191. The van der Waals surface area contributed by atoms with Crippen molar-refractivity contribution in [1.82, 2.24) is 10.2 Å². The number of nitrogens with one attached hydrogen (secondary N) is 2. The van der Waals surface area contributed by atoms with Crippen LogP contribution in [0.1, 0.15) is 6.42 Å². The van der Waals surface area contributed by atoms with Crippen LogP contribution >= 0.6 is 0 Å². The Bertz CT molecular complexity index is 835. The molecule has 27 heavy (non-hydrogen) atoms. The SMILES string of the molecule is O=C(O)NCC1CN(c2ccc(NC(=O)N3C=C4CC=CC=C4C3)cc2)C1. The number of urea groups is 1. The van der Waals surface area contributed by atoms with Gasteiger partial charge in [-0.25, -0.2) is 9.59 Å². The van der Waals surface area contributed by atoms with Crippen LogP contribution in [0.2, 0.25) is 0 Å². The molecular formula is C20H22N4O3. The van der Waals surface area contributed by atoms with Crippen molar-refractivity contribution < 1.29 is 14.7 Å². The van der Waals surface area contributed by atoms with Crippen LogP contribution in [-0.2, 0) is 0 Å². The monoisotopic (exact) mass is 366 g/mol. The standard InChI is InChI=1S/C20H22N4O3/c25-19(24-12-15-3-1-2-4-16(15)13-24)22-17-5-7-18(8-6-17)23-10-14(11-23)9-21-20(26)27/h1-3,5-8,13-14,21H,4,9-12H2,(H,22,25)(H,26,27). The summed E-state index contributed by atoms with van der Waals surface area (Å²) in [6, 6.07) is 7.62. The van der Waals surface area contributed by atoms with E-state index < -0.39 is 6.09 Å². The molecule has 1 aliphatic carbocycles. The van der Waals surface area contributed by atoms with Crippen molar-refractivity contribution in [3.8, 4) is 0 Å². The molecule has 0 radical (unpaired) electrons. The maximum atomic E-state index is 12.5. The molecule has 140 valence electrons. The number of rotatable bonds is 4. The summed E-state index contributed by atoms with van der Waals surface area (Å²) in [5.74, 6) is 0.344. The van der Waals surface area contributed by atoms with Gasteiger partial charge in [-0.05, 0) is 41.8 Å². The predicted octanol–water partition coefficient (Wildman–Crippen LogP) is 3.01. The molecule has 1 fully saturated rings. The molecule has 1 aromatic carbocycles. The molecule has 2 aliphatic heterocycles. The number of carboxylic acid groups (broad SMARTS) is 1. The van der Waals surface area contributed by atoms with E-state index in [9.17, 15) is 9.59 Å². The van der Waals surface area contributed by atoms with Gasteiger partial charge in [0.15, 0.2) is 0 Å². The lowest BCUT2D eigenvalue weighted by Gasteiger charge is -2.41. The number of anilines is 2. The number of nitrogens with zero attached hydrogens (tertiary/aromatic N) is 2. The van der Waals surface area contributed by atoms with E-state index in [0.717, 1.165) is 30.9 Å². The fourth-order valence-corrected chi connectivity index (χ4v) is 3.55. The number of allylic oxidation sites excluding steroid dienone is 3. The van der Waals surface area contributed by atoms with Gasteiger partial charge in [-0.15, -0.1) is 0 Å². The first kappa shape index (κ1) is 17.2. The Labute approximate surface area is 157 Å². The van der Waals surface area contributed by atoms with Gasteiger partial charge in [0.1, 0.15) is 0 Å². The summed E-state index contributed by atoms with van der Waals surface area (Å²) in [5.41, 5.74) is 4.24. The zero-order chi connectivity index (χ0) is 18.8. The van der Waals surface area contributed by atoms with Gasteiger partial charge in [-0.1, -0.05) is 18.2 Å². The van der Waals surface area contributed by atoms with E-state index in [0.29, 0.717) is 19.0 Å². The van der Waals surface area contributed by atoms with Gasteiger partial charge in [0.25, 0.3) is 0 Å². The number of hydrogen-bond acceptors (Lipinski definition) is 3. The van der Waals surface area contributed by atoms with E-state index in [-0.39, 0.29) is 6.03 Å². The van der Waals surface area contributed by atoms with Crippen molar-refractivity contribution in [1.29, 1.82) is 0 Å². The van der Waals surface area contributed by atoms with Gasteiger partial charge in [0, 0.05) is 43.1 Å². The third kappa shape index (κ3) is 3.81. The number of hydrogen-bond donors (Lipinski definition) is 3. The molecule has 7 nitrogen and oxygen atoms in total. The first-order valence-corrected chi connectivity index (χ1v) is 9.04. The van der Waals surface area contributed by atoms with Gasteiger partial charge in [0.2, 0.25) is 0 Å². The Morgan fingerprint density at radius 3 is 2.63 bits per heavy atom. The average molecular weight is 366 g/mol. The van der Waals surface area contributed by atoms with Crippen molar-refractivity contribution in [2.24, 2.45) is 5.92 Å². The fourth-order valence-electron chi connectivity index (χ4n) is 3.55. The number of carbonyl (C=O) groups excluding carboxylic acids is 1. The lowest BCUT2D eigenvalue weighted by atomic mass is 9.99. The smallest absolute Gasteiger partial charge is 0.404 e. The Morgan fingerprint density at radius 2 is 1.93 bits per heavy atom. The molecule has 1 saturated heterocycles. The minimum Gasteiger partial charge on any atom is -0.465 e. The Morgan fingerprint density at radius 1 is 1.15 bits per heavy atom. The Kier molecular flexibility index (Phi) is 4.58. The first-order chi connectivity index (χ1) is 13.1. The summed E-state index contributed by atoms with van der Waals surface area (Å²) in [5, 5.41) is 14.0. The molecule has 1 aromatic rings. The van der Waals surface area contributed by atoms with Gasteiger partial charge in [-0.3, -0.25) is 4.90 Å². The maximum Gasteiger partial charge on any atom is 0.404 e. The van der Waals surface area contributed by atoms with Crippen molar-refractivity contribution in [2.75, 3.05) is 36.4 Å². The second-order valence-electron chi connectivity index (χ2n) is 7.04. The summed E-state index contributed by atoms with van der Waals surface area (Å²) >= 11 is 0. The number of benzene rings is 1. The van der Waals surface area contributed by atoms with Crippen LogP contribution in [0.3, 0.4) is 0 Å². The molecule has 0 atom stereocenters. The molecule has 4 rings (SSSR count). The maximum absolute atomic E-state index is 12.5. The van der Waals surface area contributed by atoms with E-state index >= 15 is 0 Å². The molecule has 2 heterocycles. The van der Waals surface area contributed by atoms with Crippen molar-refractivity contribution in [3.05, 3.63) is 59.8 Å². The van der Waals surface area contributed by atoms with E-state index in [2.05, 4.69) is 27.7 Å². The van der Waals surface area contributed by atoms with Crippen LogP contribution in [0.4, 0.5) is 21.0 Å². The molecule has 3 N–H and O–H groups in total. The molecule has 0 saturated carbocycles. The summed E-state index contributed by atoms with van der Waals surface area (Å²) in [4.78, 5) is 26.9. The van der Waals surface area contributed by atoms with Gasteiger partial charge >= 0.3 is 12.1 Å². The van der Waals surface area contributed by atoms with Gasteiger partial charge in [0.05, 0.1) is 6.54 Å². The summed E-state index contributed by atoms with van der Waals surface area (Å²) in [7, 11) is 0. The second kappa shape index (κ2) is 7.19. The fraction of sp³-hybridized carbons (Fsp3) is 0.300. The predicted molar refractivity (Wildman–Crippen MR) is 104 cm³/mol. The highest BCUT2D eigenvalue weighted by molar-refractivity contribution is 5.91. The Balaban J connectivity index is 1.28. The molecule has 0 aromatic heterocycles. The van der Waals surface area contributed by atoms with E-state index in [4.69, 9.17) is 5.11 Å². The third-order valence-corrected chi connectivity index (χ3v) is 5.08. The van der Waals surface area contributed by atoms with E-state index in [1.165, 1.54) is 11.1 Å². The minimum absolute atomic E-state index is 0.130. The molecule has 0 spiro atoms. The molecule has 7 heteroatoms. The Hall–Kier alpha value is -3.22. The lowest BCUT2D eigenvalue weighted by Crippen LogP contribution is -2.51. The number of carbonyl (C=O) groups is 2. The molecule has 0 bridgehead atoms. The zero-order valence-corrected chi connectivity index (χ0v) is 14.9. The van der Waals surface area contributed by atoms with Crippen LogP contribution in [0.15, 0.2) is 59.8 Å². The normalized spacial score (nSPS) is 18.4. The van der Waals surface area contributed by atoms with Crippen LogP contribution in [0.25, 0.3) is 0 Å². The van der Waals surface area contributed by atoms with Crippen LogP contribution < -0.4 is 15.5 Å². The van der Waals surface area contributed by atoms with Crippen LogP contribution in [0.5, 0.6) is 0 Å². The van der Waals surface area contributed by atoms with Crippen LogP contribution in [0, 0.1) is 5.92 Å². The molecular weight excluding hydrogens is 344 g/mol. The highest BCUT2D eigenvalue weighted by atomic mass is 16.4. The largest absolute Gasteiger partial charge is 0.465 e. The van der Waals surface area contributed by atoms with E-state index in [1.54, 1.807) is 4.90 Å². The summed E-state index contributed by atoms with van der Waals surface area (Å²) in [6.45, 7) is 2.76. The molecule has 0 unspecified atom stereocenters. The number of fused-ring (bicyclic) bond motifs is 1. The topological polar surface area (TPSA) is 84.9 Å². The summed E-state index contributed by atoms with van der Waals surface area (Å²) in [6.07, 6.45) is 8.00. The van der Waals surface area contributed by atoms with Crippen LogP contribution in [-0.4, -0.2) is 48.3 Å². The quantitative estimate of drug-likeness (QED) is 0.765. The van der Waals surface area contributed by atoms with Crippen molar-refractivity contribution >= 4 is 23.5 Å². The first-order valence-electron chi connectivity index (χ1n) is 9.04. The minimum atomic E-state index is -0.978. The zero-order valence-electron chi connectivity index (χ0n) is 14.9. The highest BCUT2D eigenvalue weighted by Crippen LogP contribution is 2.28. The van der Waals surface area contributed by atoms with Gasteiger partial charge < -0.3 is 20.6 Å². The molecule has 3 aliphatic rings. The molecule has 3 amide bonds. The highest BCUT2D eigenvalue weighted by Gasteiger charge is 2.27. The van der Waals surface area contributed by atoms with Gasteiger partial charge in [-0.2, -0.15) is 0 Å². The third-order valence-electron chi connectivity index (χ3n) is 5.08. The van der Waals surface area contributed by atoms with E-state index in [1.807, 2.05) is 36.5 Å². The average Bonchev–Trinajstić information content (AvgIpc) is 3.06. The van der Waals surface area contributed by atoms with Crippen molar-refractivity contribution in [2.45, 2.75) is 6.42 Å². The number of amides is 3.